The summed E-state index contributed by atoms with van der Waals surface area (Å²) in [5.74, 6) is 0. The molecule has 2 heterocycles. The highest BCUT2D eigenvalue weighted by Crippen LogP contribution is 2.21. The molecule has 120 valence electrons. The van der Waals surface area contributed by atoms with E-state index in [9.17, 15) is 0 Å². The van der Waals surface area contributed by atoms with Crippen LogP contribution < -0.4 is 5.32 Å². The molecule has 6 heteroatoms. The fourth-order valence-electron chi connectivity index (χ4n) is 2.51. The minimum atomic E-state index is 0.888. The zero-order valence-corrected chi connectivity index (χ0v) is 14.5. The number of imidazole rings is 1. The molecule has 0 radical (unpaired) electrons. The van der Waals surface area contributed by atoms with Crippen LogP contribution in [0.3, 0.4) is 0 Å². The minimum absolute atomic E-state index is 0.888. The third-order valence-electron chi connectivity index (χ3n) is 3.97. The van der Waals surface area contributed by atoms with E-state index in [1.165, 1.54) is 16.8 Å². The fraction of sp³-hybridized carbons (Fsp3) is 0.353. The number of hydrogen-bond acceptors (Lipinski definition) is 5. The molecule has 0 unspecified atom stereocenters. The van der Waals surface area contributed by atoms with Crippen molar-refractivity contribution in [2.75, 3.05) is 18.1 Å². The van der Waals surface area contributed by atoms with Gasteiger partial charge in [0, 0.05) is 18.8 Å². The van der Waals surface area contributed by atoms with Crippen molar-refractivity contribution in [3.63, 3.8) is 0 Å². The molecule has 0 amide bonds. The molecule has 1 aromatic carbocycles. The number of nitrogens with zero attached hydrogens (tertiary/aromatic N) is 4. The second-order valence-electron chi connectivity index (χ2n) is 5.57. The SMILES string of the molecule is CSc1ncnc2c1ncn2CCCNc1ccc(C)c(C)c1. The van der Waals surface area contributed by atoms with Gasteiger partial charge >= 0.3 is 0 Å². The summed E-state index contributed by atoms with van der Waals surface area (Å²) < 4.78 is 2.10. The number of hydrogen-bond donors (Lipinski definition) is 1. The van der Waals surface area contributed by atoms with Gasteiger partial charge in [-0.25, -0.2) is 15.0 Å². The lowest BCUT2D eigenvalue weighted by atomic mass is 10.1. The van der Waals surface area contributed by atoms with Crippen LogP contribution in [0.2, 0.25) is 0 Å². The minimum Gasteiger partial charge on any atom is -0.385 e. The van der Waals surface area contributed by atoms with Crippen molar-refractivity contribution in [2.24, 2.45) is 0 Å². The number of fused-ring (bicyclic) bond motifs is 1. The number of rotatable bonds is 6. The number of anilines is 1. The number of nitrogens with one attached hydrogen (secondary N) is 1. The zero-order chi connectivity index (χ0) is 16.2. The Kier molecular flexibility index (Phi) is 4.81. The third-order valence-corrected chi connectivity index (χ3v) is 4.66. The molecular formula is C17H21N5S. The Bertz CT molecular complexity index is 812. The van der Waals surface area contributed by atoms with Gasteiger partial charge in [0.1, 0.15) is 16.9 Å². The van der Waals surface area contributed by atoms with E-state index >= 15 is 0 Å². The quantitative estimate of drug-likeness (QED) is 0.425. The van der Waals surface area contributed by atoms with Crippen molar-refractivity contribution < 1.29 is 0 Å². The van der Waals surface area contributed by atoms with Crippen LogP contribution in [0.1, 0.15) is 17.5 Å². The van der Waals surface area contributed by atoms with Gasteiger partial charge in [-0.1, -0.05) is 6.07 Å². The Hall–Kier alpha value is -2.08. The Morgan fingerprint density at radius 3 is 2.78 bits per heavy atom. The highest BCUT2D eigenvalue weighted by Gasteiger charge is 2.08. The van der Waals surface area contributed by atoms with Crippen LogP contribution in [0, 0.1) is 13.8 Å². The van der Waals surface area contributed by atoms with E-state index in [1.807, 2.05) is 12.6 Å². The van der Waals surface area contributed by atoms with Crippen LogP contribution in [-0.2, 0) is 6.54 Å². The maximum absolute atomic E-state index is 4.44. The number of aromatic nitrogens is 4. The predicted octanol–water partition coefficient (Wildman–Crippen LogP) is 3.67. The average molecular weight is 327 g/mol. The van der Waals surface area contributed by atoms with E-state index in [-0.39, 0.29) is 0 Å². The largest absolute Gasteiger partial charge is 0.385 e. The average Bonchev–Trinajstić information content (AvgIpc) is 2.98. The Balaban J connectivity index is 1.60. The maximum atomic E-state index is 4.44. The summed E-state index contributed by atoms with van der Waals surface area (Å²) in [5.41, 5.74) is 5.62. The van der Waals surface area contributed by atoms with Gasteiger partial charge < -0.3 is 9.88 Å². The molecule has 0 bridgehead atoms. The summed E-state index contributed by atoms with van der Waals surface area (Å²) in [7, 11) is 0. The van der Waals surface area contributed by atoms with Crippen molar-refractivity contribution in [1.29, 1.82) is 0 Å². The molecule has 0 saturated carbocycles. The normalized spacial score (nSPS) is 11.1. The van der Waals surface area contributed by atoms with Crippen LogP contribution in [0.25, 0.3) is 11.2 Å². The zero-order valence-electron chi connectivity index (χ0n) is 13.7. The first-order valence-electron chi connectivity index (χ1n) is 7.70. The smallest absolute Gasteiger partial charge is 0.164 e. The summed E-state index contributed by atoms with van der Waals surface area (Å²) in [6.45, 7) is 6.08. The van der Waals surface area contributed by atoms with E-state index < -0.39 is 0 Å². The standard InChI is InChI=1S/C17H21N5S/c1-12-5-6-14(9-13(12)2)18-7-4-8-22-11-21-15-16(22)19-10-20-17(15)23-3/h5-6,9-11,18H,4,7-8H2,1-3H3. The molecule has 5 nitrogen and oxygen atoms in total. The summed E-state index contributed by atoms with van der Waals surface area (Å²) in [6, 6.07) is 6.48. The highest BCUT2D eigenvalue weighted by atomic mass is 32.2. The first-order valence-corrected chi connectivity index (χ1v) is 8.92. The third kappa shape index (κ3) is 3.47. The van der Waals surface area contributed by atoms with Gasteiger partial charge in [0.15, 0.2) is 5.65 Å². The molecule has 0 aliphatic rings. The second kappa shape index (κ2) is 7.00. The Labute approximate surface area is 140 Å². The molecular weight excluding hydrogens is 306 g/mol. The van der Waals surface area contributed by atoms with Gasteiger partial charge in [-0.05, 0) is 49.8 Å². The lowest BCUT2D eigenvalue weighted by Crippen LogP contribution is -2.07. The summed E-state index contributed by atoms with van der Waals surface area (Å²) in [5, 5.41) is 4.41. The molecule has 0 aliphatic heterocycles. The molecule has 3 rings (SSSR count). The molecule has 0 saturated heterocycles. The first kappa shape index (κ1) is 15.8. The van der Waals surface area contributed by atoms with Gasteiger partial charge in [0.2, 0.25) is 0 Å². The Morgan fingerprint density at radius 1 is 1.13 bits per heavy atom. The van der Waals surface area contributed by atoms with Crippen molar-refractivity contribution in [3.8, 4) is 0 Å². The van der Waals surface area contributed by atoms with Crippen molar-refractivity contribution >= 4 is 28.6 Å². The fourth-order valence-corrected chi connectivity index (χ4v) is 3.00. The van der Waals surface area contributed by atoms with Crippen molar-refractivity contribution in [3.05, 3.63) is 42.0 Å². The molecule has 0 spiro atoms. The van der Waals surface area contributed by atoms with Crippen LogP contribution >= 0.6 is 11.8 Å². The van der Waals surface area contributed by atoms with Gasteiger partial charge in [0.25, 0.3) is 0 Å². The highest BCUT2D eigenvalue weighted by molar-refractivity contribution is 7.98. The van der Waals surface area contributed by atoms with Gasteiger partial charge in [-0.3, -0.25) is 0 Å². The van der Waals surface area contributed by atoms with Crippen LogP contribution in [0.5, 0.6) is 0 Å². The Morgan fingerprint density at radius 2 is 2.00 bits per heavy atom. The summed E-state index contributed by atoms with van der Waals surface area (Å²) >= 11 is 1.60. The van der Waals surface area contributed by atoms with Gasteiger partial charge in [-0.15, -0.1) is 11.8 Å². The summed E-state index contributed by atoms with van der Waals surface area (Å²) in [6.07, 6.45) is 6.49. The molecule has 0 fully saturated rings. The van der Waals surface area contributed by atoms with Crippen LogP contribution in [0.15, 0.2) is 35.9 Å². The lowest BCUT2D eigenvalue weighted by molar-refractivity contribution is 0.672. The maximum Gasteiger partial charge on any atom is 0.164 e. The monoisotopic (exact) mass is 327 g/mol. The van der Waals surface area contributed by atoms with Crippen LogP contribution in [0.4, 0.5) is 5.69 Å². The van der Waals surface area contributed by atoms with E-state index in [0.717, 1.165) is 35.7 Å². The van der Waals surface area contributed by atoms with E-state index in [0.29, 0.717) is 0 Å². The second-order valence-corrected chi connectivity index (χ2v) is 6.37. The number of thioether (sulfide) groups is 1. The van der Waals surface area contributed by atoms with Crippen molar-refractivity contribution in [1.82, 2.24) is 19.5 Å². The van der Waals surface area contributed by atoms with Crippen molar-refractivity contribution in [2.45, 2.75) is 31.8 Å². The number of aryl methyl sites for hydroxylation is 3. The molecule has 0 aliphatic carbocycles. The molecule has 1 N–H and O–H groups in total. The molecule has 0 atom stereocenters. The number of benzene rings is 1. The van der Waals surface area contributed by atoms with E-state index in [1.54, 1.807) is 18.1 Å². The van der Waals surface area contributed by atoms with Gasteiger partial charge in [-0.2, -0.15) is 0 Å². The van der Waals surface area contributed by atoms with E-state index in [2.05, 4.69) is 56.9 Å². The topological polar surface area (TPSA) is 55.6 Å². The molecule has 2 aromatic heterocycles. The van der Waals surface area contributed by atoms with E-state index in [4.69, 9.17) is 0 Å². The molecule has 23 heavy (non-hydrogen) atoms. The molecule has 3 aromatic rings. The lowest BCUT2D eigenvalue weighted by Gasteiger charge is -2.09. The predicted molar refractivity (Wildman–Crippen MR) is 96.1 cm³/mol. The first-order chi connectivity index (χ1) is 11.2. The summed E-state index contributed by atoms with van der Waals surface area (Å²) in [4.78, 5) is 13.1. The van der Waals surface area contributed by atoms with Crippen LogP contribution in [-0.4, -0.2) is 32.3 Å². The van der Waals surface area contributed by atoms with Gasteiger partial charge in [0.05, 0.1) is 6.33 Å².